The van der Waals surface area contributed by atoms with Crippen LogP contribution in [-0.4, -0.2) is 22.2 Å². The lowest BCUT2D eigenvalue weighted by atomic mass is 10.1. The molecule has 0 atom stereocenters. The second kappa shape index (κ2) is 8.83. The predicted octanol–water partition coefficient (Wildman–Crippen LogP) is 4.85. The number of nitrogens with one attached hydrogen (secondary N) is 1. The van der Waals surface area contributed by atoms with E-state index in [-0.39, 0.29) is 24.0 Å². The molecule has 1 heterocycles. The molecular formula is C23H22F3N3O2. The first-order valence-corrected chi connectivity index (χ1v) is 10.1. The first kappa shape index (κ1) is 21.0. The third-order valence-corrected chi connectivity index (χ3v) is 5.20. The summed E-state index contributed by atoms with van der Waals surface area (Å²) in [6, 6.07) is 8.59. The first-order valence-electron chi connectivity index (χ1n) is 10.1. The van der Waals surface area contributed by atoms with Gasteiger partial charge in [0, 0.05) is 24.6 Å². The third-order valence-electron chi connectivity index (χ3n) is 5.20. The van der Waals surface area contributed by atoms with Gasteiger partial charge in [-0.15, -0.1) is 0 Å². The second-order valence-electron chi connectivity index (χ2n) is 7.68. The van der Waals surface area contributed by atoms with E-state index in [1.165, 1.54) is 35.0 Å². The van der Waals surface area contributed by atoms with E-state index in [4.69, 9.17) is 4.74 Å². The van der Waals surface area contributed by atoms with Gasteiger partial charge in [-0.2, -0.15) is 5.10 Å². The Kier molecular flexibility index (Phi) is 5.97. The number of hydrogen-bond acceptors (Lipinski definition) is 3. The molecule has 1 amide bonds. The summed E-state index contributed by atoms with van der Waals surface area (Å²) >= 11 is 0. The number of amides is 1. The molecule has 0 bridgehead atoms. The van der Waals surface area contributed by atoms with Gasteiger partial charge in [0.2, 0.25) is 11.8 Å². The van der Waals surface area contributed by atoms with Crippen molar-refractivity contribution in [1.29, 1.82) is 0 Å². The Balaban J connectivity index is 1.63. The normalized spacial score (nSPS) is 13.3. The highest BCUT2D eigenvalue weighted by Crippen LogP contribution is 2.33. The fourth-order valence-corrected chi connectivity index (χ4v) is 3.26. The second-order valence-corrected chi connectivity index (χ2v) is 7.68. The molecule has 4 rings (SSSR count). The summed E-state index contributed by atoms with van der Waals surface area (Å²) < 4.78 is 48.2. The molecule has 1 saturated carbocycles. The minimum Gasteiger partial charge on any atom is -0.436 e. The Morgan fingerprint density at radius 3 is 2.52 bits per heavy atom. The van der Waals surface area contributed by atoms with Crippen LogP contribution >= 0.6 is 0 Å². The van der Waals surface area contributed by atoms with E-state index < -0.39 is 17.5 Å². The smallest absolute Gasteiger partial charge is 0.226 e. The molecule has 2 aromatic carbocycles. The first-order chi connectivity index (χ1) is 14.9. The van der Waals surface area contributed by atoms with Gasteiger partial charge in [-0.1, -0.05) is 0 Å². The number of halogens is 3. The molecule has 31 heavy (non-hydrogen) atoms. The highest BCUT2D eigenvalue weighted by Gasteiger charge is 2.23. The SMILES string of the molecule is Cc1nn(-c2ccc(F)cc2)c(Oc2ccc(F)cc2F)c1CCC(=O)NCC1CC1. The molecule has 0 radical (unpaired) electrons. The highest BCUT2D eigenvalue weighted by atomic mass is 19.1. The van der Waals surface area contributed by atoms with Crippen molar-refractivity contribution in [2.45, 2.75) is 32.6 Å². The van der Waals surface area contributed by atoms with Crippen LogP contribution in [0.4, 0.5) is 13.2 Å². The summed E-state index contributed by atoms with van der Waals surface area (Å²) in [7, 11) is 0. The molecule has 0 saturated heterocycles. The fourth-order valence-electron chi connectivity index (χ4n) is 3.26. The standard InChI is InChI=1S/C23H22F3N3O2/c1-14-19(9-11-22(30)27-13-15-2-3-15)23(31-21-10-6-17(25)12-20(21)26)29(28-14)18-7-4-16(24)5-8-18/h4-8,10,12,15H,2-3,9,11,13H2,1H3,(H,27,30). The van der Waals surface area contributed by atoms with Crippen LogP contribution in [0.3, 0.4) is 0 Å². The number of carbonyl (C=O) groups is 1. The van der Waals surface area contributed by atoms with Gasteiger partial charge in [0.25, 0.3) is 0 Å². The molecule has 1 fully saturated rings. The van der Waals surface area contributed by atoms with Gasteiger partial charge in [-0.05, 0) is 68.5 Å². The number of hydrogen-bond donors (Lipinski definition) is 1. The zero-order valence-corrected chi connectivity index (χ0v) is 17.0. The van der Waals surface area contributed by atoms with Crippen LogP contribution in [0.1, 0.15) is 30.5 Å². The van der Waals surface area contributed by atoms with E-state index in [1.807, 2.05) is 0 Å². The lowest BCUT2D eigenvalue weighted by Gasteiger charge is -2.12. The quantitative estimate of drug-likeness (QED) is 0.557. The van der Waals surface area contributed by atoms with Crippen LogP contribution in [0.5, 0.6) is 11.6 Å². The van der Waals surface area contributed by atoms with Gasteiger partial charge in [0.05, 0.1) is 11.4 Å². The highest BCUT2D eigenvalue weighted by molar-refractivity contribution is 5.76. The van der Waals surface area contributed by atoms with Crippen LogP contribution in [0.15, 0.2) is 42.5 Å². The van der Waals surface area contributed by atoms with Crippen LogP contribution in [-0.2, 0) is 11.2 Å². The van der Waals surface area contributed by atoms with Gasteiger partial charge in [0.1, 0.15) is 11.6 Å². The van der Waals surface area contributed by atoms with E-state index in [9.17, 15) is 18.0 Å². The van der Waals surface area contributed by atoms with Gasteiger partial charge in [-0.25, -0.2) is 17.9 Å². The molecule has 1 aromatic heterocycles. The molecular weight excluding hydrogens is 407 g/mol. The van der Waals surface area contributed by atoms with E-state index >= 15 is 0 Å². The number of nitrogens with zero attached hydrogens (tertiary/aromatic N) is 2. The summed E-state index contributed by atoms with van der Waals surface area (Å²) in [4.78, 5) is 12.2. The molecule has 1 N–H and O–H groups in total. The largest absolute Gasteiger partial charge is 0.436 e. The van der Waals surface area contributed by atoms with Crippen molar-refractivity contribution in [3.63, 3.8) is 0 Å². The Bertz CT molecular complexity index is 1090. The third kappa shape index (κ3) is 5.07. The molecule has 8 heteroatoms. The van der Waals surface area contributed by atoms with Gasteiger partial charge in [-0.3, -0.25) is 4.79 Å². The number of aromatic nitrogens is 2. The minimum atomic E-state index is -0.863. The maximum atomic E-state index is 14.2. The topological polar surface area (TPSA) is 56.2 Å². The Labute approximate surface area is 177 Å². The van der Waals surface area contributed by atoms with E-state index in [1.54, 1.807) is 6.92 Å². The van der Waals surface area contributed by atoms with Crippen molar-refractivity contribution < 1.29 is 22.7 Å². The fraction of sp³-hybridized carbons (Fsp3) is 0.304. The monoisotopic (exact) mass is 429 g/mol. The Hall–Kier alpha value is -3.29. The lowest BCUT2D eigenvalue weighted by Crippen LogP contribution is -2.25. The summed E-state index contributed by atoms with van der Waals surface area (Å²) in [6.07, 6.45) is 2.82. The summed E-state index contributed by atoms with van der Waals surface area (Å²) in [5.41, 5.74) is 1.72. The van der Waals surface area contributed by atoms with Crippen molar-refractivity contribution in [2.75, 3.05) is 6.54 Å². The summed E-state index contributed by atoms with van der Waals surface area (Å²) in [5, 5.41) is 7.37. The number of benzene rings is 2. The number of rotatable bonds is 8. The molecule has 0 spiro atoms. The molecule has 0 unspecified atom stereocenters. The summed E-state index contributed by atoms with van der Waals surface area (Å²) in [5.74, 6) is -1.48. The Morgan fingerprint density at radius 1 is 1.13 bits per heavy atom. The van der Waals surface area contributed by atoms with Crippen molar-refractivity contribution in [3.8, 4) is 17.3 Å². The van der Waals surface area contributed by atoms with Crippen LogP contribution in [0, 0.1) is 30.3 Å². The molecule has 0 aliphatic heterocycles. The number of ether oxygens (including phenoxy) is 1. The number of carbonyl (C=O) groups excluding carboxylic acids is 1. The number of aryl methyl sites for hydroxylation is 1. The Morgan fingerprint density at radius 2 is 1.84 bits per heavy atom. The van der Waals surface area contributed by atoms with Crippen LogP contribution in [0.25, 0.3) is 5.69 Å². The van der Waals surface area contributed by atoms with Crippen molar-refractivity contribution in [3.05, 3.63) is 71.2 Å². The van der Waals surface area contributed by atoms with Gasteiger partial charge >= 0.3 is 0 Å². The molecule has 162 valence electrons. The predicted molar refractivity (Wildman–Crippen MR) is 109 cm³/mol. The molecule has 5 nitrogen and oxygen atoms in total. The zero-order chi connectivity index (χ0) is 22.0. The maximum Gasteiger partial charge on any atom is 0.226 e. The zero-order valence-electron chi connectivity index (χ0n) is 17.0. The van der Waals surface area contributed by atoms with E-state index in [2.05, 4.69) is 10.4 Å². The molecule has 3 aromatic rings. The van der Waals surface area contributed by atoms with E-state index in [0.29, 0.717) is 35.8 Å². The molecule has 1 aliphatic rings. The van der Waals surface area contributed by atoms with Crippen molar-refractivity contribution in [2.24, 2.45) is 5.92 Å². The molecule has 1 aliphatic carbocycles. The average molecular weight is 429 g/mol. The van der Waals surface area contributed by atoms with E-state index in [0.717, 1.165) is 25.0 Å². The van der Waals surface area contributed by atoms with Crippen LogP contribution in [0.2, 0.25) is 0 Å². The maximum absolute atomic E-state index is 14.2. The van der Waals surface area contributed by atoms with Crippen molar-refractivity contribution >= 4 is 5.91 Å². The minimum absolute atomic E-state index is 0.0836. The average Bonchev–Trinajstić information content (AvgIpc) is 3.52. The lowest BCUT2D eigenvalue weighted by molar-refractivity contribution is -0.121. The van der Waals surface area contributed by atoms with Gasteiger partial charge in [0.15, 0.2) is 11.6 Å². The van der Waals surface area contributed by atoms with Crippen molar-refractivity contribution in [1.82, 2.24) is 15.1 Å². The van der Waals surface area contributed by atoms with Crippen LogP contribution < -0.4 is 10.1 Å². The van der Waals surface area contributed by atoms with Gasteiger partial charge < -0.3 is 10.1 Å². The summed E-state index contributed by atoms with van der Waals surface area (Å²) in [6.45, 7) is 2.43.